The molecule has 3 rings (SSSR count). The van der Waals surface area contributed by atoms with E-state index < -0.39 is 11.6 Å². The van der Waals surface area contributed by atoms with Gasteiger partial charge < -0.3 is 10.2 Å². The van der Waals surface area contributed by atoms with Crippen LogP contribution in [0.15, 0.2) is 36.4 Å². The van der Waals surface area contributed by atoms with E-state index in [1.54, 1.807) is 4.90 Å². The van der Waals surface area contributed by atoms with Gasteiger partial charge in [-0.15, -0.1) is 0 Å². The summed E-state index contributed by atoms with van der Waals surface area (Å²) in [6.45, 7) is 9.93. The first-order chi connectivity index (χ1) is 16.0. The molecule has 2 aliphatic rings. The highest BCUT2D eigenvalue weighted by atomic mass is 16.2. The molecule has 1 aliphatic heterocycles. The Morgan fingerprint density at radius 3 is 2.12 bits per heavy atom. The average molecular weight is 468 g/mol. The predicted molar refractivity (Wildman–Crippen MR) is 130 cm³/mol. The van der Waals surface area contributed by atoms with Crippen molar-refractivity contribution < 1.29 is 19.2 Å². The molecule has 1 aliphatic carbocycles. The van der Waals surface area contributed by atoms with Crippen molar-refractivity contribution in [3.63, 3.8) is 0 Å². The minimum Gasteiger partial charge on any atom is -0.350 e. The molecule has 1 aromatic carbocycles. The van der Waals surface area contributed by atoms with Crippen LogP contribution in [0.1, 0.15) is 64.5 Å². The number of benzene rings is 1. The van der Waals surface area contributed by atoms with Crippen LogP contribution in [0.4, 0.5) is 0 Å². The summed E-state index contributed by atoms with van der Waals surface area (Å²) in [6.07, 6.45) is 5.49. The summed E-state index contributed by atoms with van der Waals surface area (Å²) in [4.78, 5) is 55.0. The van der Waals surface area contributed by atoms with Crippen LogP contribution in [0.2, 0.25) is 0 Å². The molecule has 0 radical (unpaired) electrons. The summed E-state index contributed by atoms with van der Waals surface area (Å²) in [5.41, 5.74) is 1.61. The molecule has 1 aromatic rings. The molecule has 1 unspecified atom stereocenters. The van der Waals surface area contributed by atoms with Crippen molar-refractivity contribution >= 4 is 23.6 Å². The monoisotopic (exact) mass is 467 g/mol. The maximum Gasteiger partial charge on any atom is 0.243 e. The molecule has 1 fully saturated rings. The van der Waals surface area contributed by atoms with E-state index in [0.717, 1.165) is 11.1 Å². The summed E-state index contributed by atoms with van der Waals surface area (Å²) in [5.74, 6) is -1.44. The Hall–Kier alpha value is -2.96. The number of amides is 4. The highest BCUT2D eigenvalue weighted by molar-refractivity contribution is 6.05. The van der Waals surface area contributed by atoms with Crippen LogP contribution in [0.3, 0.4) is 0 Å². The SMILES string of the molecule is CCC(C(=O)NC(C)(C)C)N(Cc1ccc(C)cc1)C(=O)CCN1C(=O)[C@H]2CC=CC[C@H]2C1=O. The molecule has 0 spiro atoms. The second kappa shape index (κ2) is 10.5. The zero-order chi connectivity index (χ0) is 25.0. The smallest absolute Gasteiger partial charge is 0.243 e. The molecule has 1 heterocycles. The van der Waals surface area contributed by atoms with Crippen LogP contribution in [0.5, 0.6) is 0 Å². The molecular formula is C27H37N3O4. The number of nitrogens with one attached hydrogen (secondary N) is 1. The Morgan fingerprint density at radius 2 is 1.62 bits per heavy atom. The second-order valence-corrected chi connectivity index (χ2v) is 10.4. The lowest BCUT2D eigenvalue weighted by Crippen LogP contribution is -2.53. The van der Waals surface area contributed by atoms with Crippen molar-refractivity contribution in [3.8, 4) is 0 Å². The number of rotatable bonds is 8. The molecule has 3 atom stereocenters. The number of allylic oxidation sites excluding steroid dienone is 2. The molecule has 1 N–H and O–H groups in total. The first-order valence-corrected chi connectivity index (χ1v) is 12.2. The van der Waals surface area contributed by atoms with Gasteiger partial charge in [-0.1, -0.05) is 48.9 Å². The number of carbonyl (C=O) groups excluding carboxylic acids is 4. The van der Waals surface area contributed by atoms with Crippen LogP contribution < -0.4 is 5.32 Å². The molecule has 7 heteroatoms. The van der Waals surface area contributed by atoms with Gasteiger partial charge in [-0.25, -0.2) is 0 Å². The minimum atomic E-state index is -0.648. The largest absolute Gasteiger partial charge is 0.350 e. The molecular weight excluding hydrogens is 430 g/mol. The van der Waals surface area contributed by atoms with Crippen molar-refractivity contribution in [3.05, 3.63) is 47.5 Å². The van der Waals surface area contributed by atoms with Gasteiger partial charge in [0.1, 0.15) is 6.04 Å². The van der Waals surface area contributed by atoms with Crippen molar-refractivity contribution in [2.24, 2.45) is 11.8 Å². The van der Waals surface area contributed by atoms with E-state index >= 15 is 0 Å². The first kappa shape index (κ1) is 25.7. The number of likely N-dealkylation sites (tertiary alicyclic amines) is 1. The normalized spacial score (nSPS) is 20.8. The third-order valence-corrected chi connectivity index (χ3v) is 6.51. The van der Waals surface area contributed by atoms with Gasteiger partial charge in [-0.05, 0) is 52.5 Å². The lowest BCUT2D eigenvalue weighted by Gasteiger charge is -2.33. The van der Waals surface area contributed by atoms with Gasteiger partial charge in [0.15, 0.2) is 0 Å². The van der Waals surface area contributed by atoms with Gasteiger partial charge in [-0.3, -0.25) is 24.1 Å². The quantitative estimate of drug-likeness (QED) is 0.469. The standard InChI is InChI=1S/C27H37N3O4/c1-6-22(24(32)28-27(3,4)5)30(17-19-13-11-18(2)12-14-19)23(31)15-16-29-25(33)20-9-7-8-10-21(20)26(29)34/h7-8,11-14,20-22H,6,9-10,15-17H2,1-5H3,(H,28,32)/t20-,21+,22?. The predicted octanol–water partition coefficient (Wildman–Crippen LogP) is 3.36. The summed E-state index contributed by atoms with van der Waals surface area (Å²) in [6, 6.07) is 7.21. The van der Waals surface area contributed by atoms with Gasteiger partial charge in [-0.2, -0.15) is 0 Å². The number of hydrogen-bond acceptors (Lipinski definition) is 4. The zero-order valence-corrected chi connectivity index (χ0v) is 21.0. The van der Waals surface area contributed by atoms with Crippen molar-refractivity contribution in [2.75, 3.05) is 6.54 Å². The first-order valence-electron chi connectivity index (χ1n) is 12.2. The number of carbonyl (C=O) groups is 4. The Bertz CT molecular complexity index is 935. The van der Waals surface area contributed by atoms with E-state index in [1.165, 1.54) is 4.90 Å². The number of nitrogens with zero attached hydrogens (tertiary/aromatic N) is 2. The van der Waals surface area contributed by atoms with Crippen molar-refractivity contribution in [1.82, 2.24) is 15.1 Å². The van der Waals surface area contributed by atoms with Gasteiger partial charge in [0, 0.05) is 25.0 Å². The fourth-order valence-electron chi connectivity index (χ4n) is 4.70. The summed E-state index contributed by atoms with van der Waals surface area (Å²) >= 11 is 0. The topological polar surface area (TPSA) is 86.8 Å². The minimum absolute atomic E-state index is 0.00446. The third-order valence-electron chi connectivity index (χ3n) is 6.51. The molecule has 34 heavy (non-hydrogen) atoms. The van der Waals surface area contributed by atoms with Gasteiger partial charge in [0.25, 0.3) is 0 Å². The lowest BCUT2D eigenvalue weighted by atomic mass is 9.85. The maximum atomic E-state index is 13.5. The Kier molecular flexibility index (Phi) is 7.95. The van der Waals surface area contributed by atoms with E-state index in [-0.39, 0.29) is 55.0 Å². The van der Waals surface area contributed by atoms with Crippen molar-refractivity contribution in [1.29, 1.82) is 0 Å². The molecule has 0 aromatic heterocycles. The Labute approximate surface area is 202 Å². The summed E-state index contributed by atoms with van der Waals surface area (Å²) in [5, 5.41) is 2.99. The zero-order valence-electron chi connectivity index (χ0n) is 21.0. The number of fused-ring (bicyclic) bond motifs is 1. The fraction of sp³-hybridized carbons (Fsp3) is 0.556. The van der Waals surface area contributed by atoms with Gasteiger partial charge in [0.2, 0.25) is 23.6 Å². The highest BCUT2D eigenvalue weighted by Gasteiger charge is 2.47. The lowest BCUT2D eigenvalue weighted by molar-refractivity contribution is -0.144. The van der Waals surface area contributed by atoms with Crippen LogP contribution in [0, 0.1) is 18.8 Å². The Balaban J connectivity index is 1.77. The average Bonchev–Trinajstić information content (AvgIpc) is 3.02. The van der Waals surface area contributed by atoms with Crippen LogP contribution in [0.25, 0.3) is 0 Å². The van der Waals surface area contributed by atoms with E-state index in [1.807, 2.05) is 71.0 Å². The summed E-state index contributed by atoms with van der Waals surface area (Å²) in [7, 11) is 0. The van der Waals surface area contributed by atoms with Crippen LogP contribution in [-0.4, -0.2) is 51.6 Å². The second-order valence-electron chi connectivity index (χ2n) is 10.4. The molecule has 184 valence electrons. The molecule has 1 saturated heterocycles. The molecule has 0 bridgehead atoms. The van der Waals surface area contributed by atoms with E-state index in [4.69, 9.17) is 0 Å². The number of aryl methyl sites for hydroxylation is 1. The van der Waals surface area contributed by atoms with Gasteiger partial charge in [0.05, 0.1) is 11.8 Å². The fourth-order valence-corrected chi connectivity index (χ4v) is 4.70. The van der Waals surface area contributed by atoms with Crippen LogP contribution in [-0.2, 0) is 25.7 Å². The molecule has 0 saturated carbocycles. The maximum absolute atomic E-state index is 13.5. The van der Waals surface area contributed by atoms with E-state index in [0.29, 0.717) is 19.3 Å². The van der Waals surface area contributed by atoms with Crippen molar-refractivity contribution in [2.45, 2.75) is 78.4 Å². The number of hydrogen-bond donors (Lipinski definition) is 1. The molecule has 4 amide bonds. The van der Waals surface area contributed by atoms with E-state index in [9.17, 15) is 19.2 Å². The summed E-state index contributed by atoms with van der Waals surface area (Å²) < 4.78 is 0. The van der Waals surface area contributed by atoms with Crippen LogP contribution >= 0.6 is 0 Å². The van der Waals surface area contributed by atoms with Gasteiger partial charge >= 0.3 is 0 Å². The Morgan fingerprint density at radius 1 is 1.06 bits per heavy atom. The highest BCUT2D eigenvalue weighted by Crippen LogP contribution is 2.35. The number of imide groups is 1. The van der Waals surface area contributed by atoms with E-state index in [2.05, 4.69) is 5.32 Å². The third kappa shape index (κ3) is 5.93. The molecule has 7 nitrogen and oxygen atoms in total.